The second-order valence-corrected chi connectivity index (χ2v) is 6.63. The summed E-state index contributed by atoms with van der Waals surface area (Å²) in [5, 5.41) is 4.12. The van der Waals surface area contributed by atoms with E-state index in [1.807, 2.05) is 54.6 Å². The molecule has 2 aromatic heterocycles. The van der Waals surface area contributed by atoms with Gasteiger partial charge in [0.1, 0.15) is 17.3 Å². The highest BCUT2D eigenvalue weighted by Gasteiger charge is 2.08. The molecule has 0 radical (unpaired) electrons. The molecule has 0 aliphatic rings. The average molecular weight is 366 g/mol. The molecule has 0 amide bonds. The molecule has 0 unspecified atom stereocenters. The van der Waals surface area contributed by atoms with Crippen molar-refractivity contribution < 1.29 is 4.42 Å². The van der Waals surface area contributed by atoms with Crippen molar-refractivity contribution >= 4 is 22.6 Å². The Bertz CT molecular complexity index is 972. The van der Waals surface area contributed by atoms with E-state index < -0.39 is 0 Å². The van der Waals surface area contributed by atoms with Crippen LogP contribution in [0.5, 0.6) is 0 Å². The summed E-state index contributed by atoms with van der Waals surface area (Å²) in [6, 6.07) is 19.8. The summed E-state index contributed by atoms with van der Waals surface area (Å²) in [5.74, 6) is 2.74. The van der Waals surface area contributed by atoms with Gasteiger partial charge in [-0.25, -0.2) is 4.98 Å². The van der Waals surface area contributed by atoms with Crippen molar-refractivity contribution in [1.82, 2.24) is 15.3 Å². The van der Waals surface area contributed by atoms with Crippen LogP contribution in [0.3, 0.4) is 0 Å². The van der Waals surface area contributed by atoms with E-state index in [0.717, 1.165) is 53.3 Å². The van der Waals surface area contributed by atoms with Crippen molar-refractivity contribution in [3.8, 4) is 11.3 Å². The number of hydrogen-bond donors (Lipinski definition) is 2. The molecule has 2 N–H and O–H groups in total. The highest BCUT2D eigenvalue weighted by atomic mass is 35.5. The number of rotatable bonds is 7. The lowest BCUT2D eigenvalue weighted by molar-refractivity contribution is 0.491. The number of fused-ring (bicyclic) bond motifs is 1. The second kappa shape index (κ2) is 7.77. The fourth-order valence-corrected chi connectivity index (χ4v) is 3.22. The van der Waals surface area contributed by atoms with Crippen LogP contribution >= 0.6 is 11.6 Å². The fraction of sp³-hybridized carbons (Fsp3) is 0.190. The minimum atomic E-state index is 0.699. The number of nitrogens with zero attached hydrogens (tertiary/aromatic N) is 1. The number of aromatic nitrogens is 2. The van der Waals surface area contributed by atoms with Crippen LogP contribution < -0.4 is 5.32 Å². The Morgan fingerprint density at radius 2 is 1.85 bits per heavy atom. The monoisotopic (exact) mass is 365 g/mol. The number of benzene rings is 2. The predicted molar refractivity (Wildman–Crippen MR) is 105 cm³/mol. The Hall–Kier alpha value is -2.56. The first-order valence-electron chi connectivity index (χ1n) is 8.77. The minimum Gasteiger partial charge on any atom is -0.460 e. The summed E-state index contributed by atoms with van der Waals surface area (Å²) in [6.45, 7) is 1.60. The lowest BCUT2D eigenvalue weighted by Gasteiger charge is -2.02. The smallest absolute Gasteiger partial charge is 0.135 e. The van der Waals surface area contributed by atoms with E-state index in [1.54, 1.807) is 0 Å². The van der Waals surface area contributed by atoms with Crippen LogP contribution in [0.2, 0.25) is 5.02 Å². The molecule has 0 aliphatic carbocycles. The lowest BCUT2D eigenvalue weighted by Crippen LogP contribution is -2.15. The van der Waals surface area contributed by atoms with Gasteiger partial charge in [0.25, 0.3) is 0 Å². The predicted octanol–water partition coefficient (Wildman–Crippen LogP) is 5.20. The number of H-pyrrole nitrogens is 1. The summed E-state index contributed by atoms with van der Waals surface area (Å²) in [4.78, 5) is 7.96. The van der Waals surface area contributed by atoms with Crippen molar-refractivity contribution in [3.63, 3.8) is 0 Å². The number of nitrogens with one attached hydrogen (secondary N) is 2. The van der Waals surface area contributed by atoms with Crippen LogP contribution in [-0.4, -0.2) is 16.5 Å². The summed E-state index contributed by atoms with van der Waals surface area (Å²) in [5.41, 5.74) is 3.04. The normalized spacial score (nSPS) is 11.3. The van der Waals surface area contributed by atoms with E-state index in [1.165, 1.54) is 0 Å². The molecule has 26 heavy (non-hydrogen) atoms. The topological polar surface area (TPSA) is 53.9 Å². The third-order valence-corrected chi connectivity index (χ3v) is 4.64. The van der Waals surface area contributed by atoms with Crippen LogP contribution in [0.25, 0.3) is 22.4 Å². The zero-order chi connectivity index (χ0) is 17.8. The molecule has 0 atom stereocenters. The number of para-hydroxylation sites is 2. The SMILES string of the molecule is Clc1ccccc1-c1ccc(CNCCCc2nc3ccccc3[nH]2)o1. The van der Waals surface area contributed by atoms with E-state index in [9.17, 15) is 0 Å². The van der Waals surface area contributed by atoms with Gasteiger partial charge in [-0.15, -0.1) is 0 Å². The van der Waals surface area contributed by atoms with Gasteiger partial charge in [0.2, 0.25) is 0 Å². The van der Waals surface area contributed by atoms with Gasteiger partial charge in [0.15, 0.2) is 0 Å². The molecule has 4 aromatic rings. The third kappa shape index (κ3) is 3.82. The largest absolute Gasteiger partial charge is 0.460 e. The van der Waals surface area contributed by atoms with Gasteiger partial charge in [-0.1, -0.05) is 35.9 Å². The Morgan fingerprint density at radius 3 is 2.73 bits per heavy atom. The first-order valence-corrected chi connectivity index (χ1v) is 9.15. The van der Waals surface area contributed by atoms with E-state index in [2.05, 4.69) is 21.4 Å². The second-order valence-electron chi connectivity index (χ2n) is 6.23. The van der Waals surface area contributed by atoms with Crippen molar-refractivity contribution in [2.24, 2.45) is 0 Å². The number of furan rings is 1. The van der Waals surface area contributed by atoms with E-state index in [-0.39, 0.29) is 0 Å². The molecule has 4 nitrogen and oxygen atoms in total. The number of hydrogen-bond acceptors (Lipinski definition) is 3. The fourth-order valence-electron chi connectivity index (χ4n) is 3.00. The maximum atomic E-state index is 6.22. The summed E-state index contributed by atoms with van der Waals surface area (Å²) < 4.78 is 5.89. The molecule has 5 heteroatoms. The van der Waals surface area contributed by atoms with Crippen LogP contribution in [0.4, 0.5) is 0 Å². The van der Waals surface area contributed by atoms with Crippen LogP contribution in [0, 0.1) is 0 Å². The molecule has 0 aliphatic heterocycles. The molecule has 4 rings (SSSR count). The lowest BCUT2D eigenvalue weighted by atomic mass is 10.2. The van der Waals surface area contributed by atoms with E-state index >= 15 is 0 Å². The first-order chi connectivity index (χ1) is 12.8. The van der Waals surface area contributed by atoms with E-state index in [4.69, 9.17) is 16.0 Å². The minimum absolute atomic E-state index is 0.699. The number of aromatic amines is 1. The van der Waals surface area contributed by atoms with E-state index in [0.29, 0.717) is 11.6 Å². The molecular weight excluding hydrogens is 346 g/mol. The third-order valence-electron chi connectivity index (χ3n) is 4.31. The molecule has 0 saturated carbocycles. The average Bonchev–Trinajstić information content (AvgIpc) is 3.28. The number of halogens is 1. The van der Waals surface area contributed by atoms with Gasteiger partial charge >= 0.3 is 0 Å². The maximum absolute atomic E-state index is 6.22. The molecular formula is C21H20ClN3O. The summed E-state index contributed by atoms with van der Waals surface area (Å²) in [6.07, 6.45) is 1.93. The standard InChI is InChI=1S/C21H20ClN3O/c22-17-7-2-1-6-16(17)20-12-11-15(26-20)14-23-13-5-10-21-24-18-8-3-4-9-19(18)25-21/h1-4,6-9,11-12,23H,5,10,13-14H2,(H,24,25). The van der Waals surface area contributed by atoms with Gasteiger partial charge in [0, 0.05) is 12.0 Å². The number of aryl methyl sites for hydroxylation is 1. The van der Waals surface area contributed by atoms with Gasteiger partial charge in [-0.3, -0.25) is 0 Å². The summed E-state index contributed by atoms with van der Waals surface area (Å²) in [7, 11) is 0. The first kappa shape index (κ1) is 16.9. The van der Waals surface area contributed by atoms with Crippen LogP contribution in [0.1, 0.15) is 18.0 Å². The molecule has 0 spiro atoms. The van der Waals surface area contributed by atoms with Crippen LogP contribution in [-0.2, 0) is 13.0 Å². The van der Waals surface area contributed by atoms with Crippen molar-refractivity contribution in [3.05, 3.63) is 77.3 Å². The molecule has 0 bridgehead atoms. The van der Waals surface area contributed by atoms with Crippen molar-refractivity contribution in [2.45, 2.75) is 19.4 Å². The molecule has 0 fully saturated rings. The molecule has 132 valence electrons. The van der Waals surface area contributed by atoms with Crippen LogP contribution in [0.15, 0.2) is 65.1 Å². The Morgan fingerprint density at radius 1 is 1.00 bits per heavy atom. The zero-order valence-corrected chi connectivity index (χ0v) is 15.1. The maximum Gasteiger partial charge on any atom is 0.135 e. The Labute approximate surface area is 157 Å². The zero-order valence-electron chi connectivity index (χ0n) is 14.3. The van der Waals surface area contributed by atoms with Gasteiger partial charge in [-0.05, 0) is 49.4 Å². The van der Waals surface area contributed by atoms with Gasteiger partial charge in [-0.2, -0.15) is 0 Å². The van der Waals surface area contributed by atoms with Gasteiger partial charge < -0.3 is 14.7 Å². The highest BCUT2D eigenvalue weighted by Crippen LogP contribution is 2.28. The molecule has 0 saturated heterocycles. The van der Waals surface area contributed by atoms with Crippen molar-refractivity contribution in [2.75, 3.05) is 6.54 Å². The Kier molecular flexibility index (Phi) is 5.04. The Balaban J connectivity index is 1.26. The van der Waals surface area contributed by atoms with Gasteiger partial charge in [0.05, 0.1) is 22.6 Å². The van der Waals surface area contributed by atoms with Crippen molar-refractivity contribution in [1.29, 1.82) is 0 Å². The highest BCUT2D eigenvalue weighted by molar-refractivity contribution is 6.33. The molecule has 2 aromatic carbocycles. The quantitative estimate of drug-likeness (QED) is 0.442. The molecule has 2 heterocycles. The summed E-state index contributed by atoms with van der Waals surface area (Å²) >= 11 is 6.22. The number of imidazole rings is 1.